The first-order chi connectivity index (χ1) is 12.5. The van der Waals surface area contributed by atoms with E-state index < -0.39 is 29.8 Å². The minimum absolute atomic E-state index is 0.429. The van der Waals surface area contributed by atoms with Crippen molar-refractivity contribution in [2.75, 3.05) is 6.61 Å². The summed E-state index contributed by atoms with van der Waals surface area (Å²) in [4.78, 5) is 37.0. The molecule has 0 saturated heterocycles. The van der Waals surface area contributed by atoms with E-state index in [2.05, 4.69) is 5.32 Å². The van der Waals surface area contributed by atoms with Crippen LogP contribution >= 0.6 is 22.9 Å². The first-order valence-electron chi connectivity index (χ1n) is 8.32. The number of carbonyl (C=O) groups excluding carboxylic acids is 3. The minimum Gasteiger partial charge on any atom is -0.455 e. The molecule has 2 aromatic rings. The SMILES string of the molecule is O=C(COC(=O)C1(c2ccc(Cl)cc2)CCCC1)NC(=O)c1cccs1. The number of thiophene rings is 1. The van der Waals surface area contributed by atoms with Crippen LogP contribution in [0.25, 0.3) is 0 Å². The zero-order valence-electron chi connectivity index (χ0n) is 14.0. The molecule has 1 N–H and O–H groups in total. The van der Waals surface area contributed by atoms with Gasteiger partial charge in [0.25, 0.3) is 11.8 Å². The number of benzene rings is 1. The van der Waals surface area contributed by atoms with Crippen LogP contribution in [0, 0.1) is 0 Å². The van der Waals surface area contributed by atoms with Gasteiger partial charge in [0.15, 0.2) is 6.61 Å². The molecule has 2 amide bonds. The van der Waals surface area contributed by atoms with Crippen LogP contribution in [0.3, 0.4) is 0 Å². The van der Waals surface area contributed by atoms with Crippen molar-refractivity contribution < 1.29 is 19.1 Å². The van der Waals surface area contributed by atoms with E-state index in [4.69, 9.17) is 16.3 Å². The third kappa shape index (κ3) is 3.97. The summed E-state index contributed by atoms with van der Waals surface area (Å²) in [5.41, 5.74) is 0.0993. The lowest BCUT2D eigenvalue weighted by molar-refractivity contribution is -0.154. The van der Waals surface area contributed by atoms with E-state index in [1.165, 1.54) is 11.3 Å². The van der Waals surface area contributed by atoms with Crippen LogP contribution < -0.4 is 5.32 Å². The zero-order valence-corrected chi connectivity index (χ0v) is 15.6. The second-order valence-corrected chi connectivity index (χ2v) is 7.61. The Hall–Kier alpha value is -2.18. The molecule has 1 heterocycles. The number of hydrogen-bond acceptors (Lipinski definition) is 5. The van der Waals surface area contributed by atoms with Crippen molar-refractivity contribution >= 4 is 40.7 Å². The van der Waals surface area contributed by atoms with Crippen LogP contribution in [0.2, 0.25) is 5.02 Å². The number of imide groups is 1. The molecule has 0 atom stereocenters. The average molecular weight is 392 g/mol. The molecule has 7 heteroatoms. The summed E-state index contributed by atoms with van der Waals surface area (Å²) in [6, 6.07) is 10.5. The second kappa shape index (κ2) is 8.01. The molecule has 1 aliphatic carbocycles. The van der Waals surface area contributed by atoms with E-state index in [0.29, 0.717) is 22.7 Å². The van der Waals surface area contributed by atoms with Gasteiger partial charge in [-0.05, 0) is 42.0 Å². The predicted octanol–water partition coefficient (Wildman–Crippen LogP) is 3.71. The smallest absolute Gasteiger partial charge is 0.317 e. The largest absolute Gasteiger partial charge is 0.455 e. The summed E-state index contributed by atoms with van der Waals surface area (Å²) < 4.78 is 5.26. The van der Waals surface area contributed by atoms with Gasteiger partial charge in [0, 0.05) is 5.02 Å². The fourth-order valence-corrected chi connectivity index (χ4v) is 4.00. The normalized spacial score (nSPS) is 15.4. The van der Waals surface area contributed by atoms with Crippen LogP contribution in [0.4, 0.5) is 0 Å². The molecule has 1 aliphatic rings. The highest BCUT2D eigenvalue weighted by Crippen LogP contribution is 2.42. The number of amides is 2. The summed E-state index contributed by atoms with van der Waals surface area (Å²) in [6.07, 6.45) is 3.17. The van der Waals surface area contributed by atoms with E-state index in [1.54, 1.807) is 29.6 Å². The Morgan fingerprint density at radius 3 is 2.42 bits per heavy atom. The summed E-state index contributed by atoms with van der Waals surface area (Å²) in [5.74, 6) is -1.56. The molecule has 0 radical (unpaired) electrons. The number of esters is 1. The molecule has 1 aromatic heterocycles. The number of halogens is 1. The summed E-state index contributed by atoms with van der Waals surface area (Å²) in [5, 5.41) is 4.57. The van der Waals surface area contributed by atoms with Gasteiger partial charge in [-0.2, -0.15) is 0 Å². The second-order valence-electron chi connectivity index (χ2n) is 6.23. The Bertz CT molecular complexity index is 795. The van der Waals surface area contributed by atoms with Gasteiger partial charge in [0.2, 0.25) is 0 Å². The number of hydrogen-bond donors (Lipinski definition) is 1. The highest BCUT2D eigenvalue weighted by atomic mass is 35.5. The highest BCUT2D eigenvalue weighted by Gasteiger charge is 2.44. The van der Waals surface area contributed by atoms with E-state index in [9.17, 15) is 14.4 Å². The molecule has 1 aromatic carbocycles. The van der Waals surface area contributed by atoms with Crippen molar-refractivity contribution in [2.24, 2.45) is 0 Å². The molecule has 1 fully saturated rings. The van der Waals surface area contributed by atoms with Gasteiger partial charge in [0.1, 0.15) is 0 Å². The maximum atomic E-state index is 12.8. The van der Waals surface area contributed by atoms with Gasteiger partial charge < -0.3 is 4.74 Å². The van der Waals surface area contributed by atoms with Crippen LogP contribution in [0.15, 0.2) is 41.8 Å². The molecule has 3 rings (SSSR count). The molecule has 0 bridgehead atoms. The molecule has 0 unspecified atom stereocenters. The molecule has 5 nitrogen and oxygen atoms in total. The van der Waals surface area contributed by atoms with Gasteiger partial charge in [-0.1, -0.05) is 42.6 Å². The Kier molecular flexibility index (Phi) is 5.74. The van der Waals surface area contributed by atoms with E-state index in [-0.39, 0.29) is 0 Å². The molecular formula is C19H18ClNO4S. The summed E-state index contributed by atoms with van der Waals surface area (Å²) in [6.45, 7) is -0.481. The van der Waals surface area contributed by atoms with Crippen molar-refractivity contribution in [3.8, 4) is 0 Å². The summed E-state index contributed by atoms with van der Waals surface area (Å²) in [7, 11) is 0. The topological polar surface area (TPSA) is 72.5 Å². The lowest BCUT2D eigenvalue weighted by atomic mass is 9.79. The molecular weight excluding hydrogens is 374 g/mol. The number of nitrogens with one attached hydrogen (secondary N) is 1. The molecule has 0 spiro atoms. The third-order valence-corrected chi connectivity index (χ3v) is 5.70. The van der Waals surface area contributed by atoms with Crippen LogP contribution in [0.1, 0.15) is 40.9 Å². The maximum Gasteiger partial charge on any atom is 0.317 e. The lowest BCUT2D eigenvalue weighted by Crippen LogP contribution is -2.39. The fourth-order valence-electron chi connectivity index (χ4n) is 3.26. The van der Waals surface area contributed by atoms with E-state index >= 15 is 0 Å². The monoisotopic (exact) mass is 391 g/mol. The van der Waals surface area contributed by atoms with Gasteiger partial charge in [0.05, 0.1) is 10.3 Å². The first kappa shape index (κ1) is 18.6. The predicted molar refractivity (Wildman–Crippen MR) is 99.3 cm³/mol. The summed E-state index contributed by atoms with van der Waals surface area (Å²) >= 11 is 7.17. The van der Waals surface area contributed by atoms with E-state index in [0.717, 1.165) is 18.4 Å². The quantitative estimate of drug-likeness (QED) is 0.788. The molecule has 0 aliphatic heterocycles. The number of ether oxygens (including phenoxy) is 1. The number of carbonyl (C=O) groups is 3. The third-order valence-electron chi connectivity index (χ3n) is 4.58. The Balaban J connectivity index is 1.63. The van der Waals surface area contributed by atoms with Crippen molar-refractivity contribution in [3.05, 3.63) is 57.2 Å². The molecule has 136 valence electrons. The molecule has 1 saturated carbocycles. The lowest BCUT2D eigenvalue weighted by Gasteiger charge is -2.27. The van der Waals surface area contributed by atoms with E-state index in [1.807, 2.05) is 12.1 Å². The van der Waals surface area contributed by atoms with Gasteiger partial charge in [-0.15, -0.1) is 11.3 Å². The zero-order chi connectivity index (χ0) is 18.6. The standard InChI is InChI=1S/C19H18ClNO4S/c20-14-7-5-13(6-8-14)19(9-1-2-10-19)18(24)25-12-16(22)21-17(23)15-4-3-11-26-15/h3-8,11H,1-2,9-10,12H2,(H,21,22,23). The first-order valence-corrected chi connectivity index (χ1v) is 9.58. The van der Waals surface area contributed by atoms with Crippen molar-refractivity contribution in [1.82, 2.24) is 5.32 Å². The van der Waals surface area contributed by atoms with Gasteiger partial charge >= 0.3 is 5.97 Å². The Morgan fingerprint density at radius 1 is 1.12 bits per heavy atom. The Morgan fingerprint density at radius 2 is 1.81 bits per heavy atom. The van der Waals surface area contributed by atoms with Gasteiger partial charge in [-0.25, -0.2) is 0 Å². The maximum absolute atomic E-state index is 12.8. The number of rotatable bonds is 5. The van der Waals surface area contributed by atoms with Crippen molar-refractivity contribution in [2.45, 2.75) is 31.1 Å². The Labute approximate surface area is 160 Å². The van der Waals surface area contributed by atoms with Crippen LogP contribution in [-0.2, 0) is 19.7 Å². The van der Waals surface area contributed by atoms with Gasteiger partial charge in [-0.3, -0.25) is 19.7 Å². The van der Waals surface area contributed by atoms with Crippen molar-refractivity contribution in [3.63, 3.8) is 0 Å². The minimum atomic E-state index is -0.747. The van der Waals surface area contributed by atoms with Crippen LogP contribution in [-0.4, -0.2) is 24.4 Å². The van der Waals surface area contributed by atoms with Crippen molar-refractivity contribution in [1.29, 1.82) is 0 Å². The average Bonchev–Trinajstić information content (AvgIpc) is 3.32. The molecule has 26 heavy (non-hydrogen) atoms. The van der Waals surface area contributed by atoms with Crippen LogP contribution in [0.5, 0.6) is 0 Å². The highest BCUT2D eigenvalue weighted by molar-refractivity contribution is 7.12. The fraction of sp³-hybridized carbons (Fsp3) is 0.316.